The van der Waals surface area contributed by atoms with Crippen LogP contribution in [0, 0.1) is 0 Å². The van der Waals surface area contributed by atoms with Gasteiger partial charge in [0.05, 0.1) is 0 Å². The van der Waals surface area contributed by atoms with Gasteiger partial charge >= 0.3 is 0 Å². The summed E-state index contributed by atoms with van der Waals surface area (Å²) in [5, 5.41) is 3.45. The van der Waals surface area contributed by atoms with Crippen LogP contribution in [0.15, 0.2) is 74.0 Å². The number of hydrogen-bond acceptors (Lipinski definition) is 1. The predicted molar refractivity (Wildman–Crippen MR) is 120 cm³/mol. The topological polar surface area (TPSA) is 12.0 Å². The maximum Gasteiger partial charge on any atom is 0.146 e. The fraction of sp³-hybridized carbons (Fsp3) is 0.280. The highest BCUT2D eigenvalue weighted by atomic mass is 14.9. The first kappa shape index (κ1) is 19.3. The highest BCUT2D eigenvalue weighted by molar-refractivity contribution is 6.38. The van der Waals surface area contributed by atoms with Crippen molar-refractivity contribution in [3.63, 3.8) is 0 Å². The van der Waals surface area contributed by atoms with Crippen LogP contribution in [0.1, 0.15) is 48.4 Å². The highest BCUT2D eigenvalue weighted by Crippen LogP contribution is 2.30. The van der Waals surface area contributed by atoms with E-state index in [1.807, 2.05) is 13.0 Å². The molecule has 0 spiro atoms. The van der Waals surface area contributed by atoms with Crippen molar-refractivity contribution in [2.45, 2.75) is 44.9 Å². The molecule has 0 bridgehead atoms. The summed E-state index contributed by atoms with van der Waals surface area (Å²) >= 11 is 0. The van der Waals surface area contributed by atoms with Crippen LogP contribution in [0.2, 0.25) is 0 Å². The number of fused-ring (bicyclic) bond motifs is 1. The van der Waals surface area contributed by atoms with Crippen molar-refractivity contribution in [3.05, 3.63) is 96.2 Å². The summed E-state index contributed by atoms with van der Waals surface area (Å²) in [6, 6.07) is 17.1. The van der Waals surface area contributed by atoms with Crippen LogP contribution in [0.3, 0.4) is 0 Å². The van der Waals surface area contributed by atoms with Gasteiger partial charge in [0.2, 0.25) is 0 Å². The van der Waals surface area contributed by atoms with Gasteiger partial charge in [-0.05, 0) is 77.6 Å². The molecular weight excluding hydrogens is 325 g/mol. The van der Waals surface area contributed by atoms with Crippen LogP contribution in [-0.4, -0.2) is 13.2 Å². The number of allylic oxidation sites excluding steroid dienone is 3. The number of hydrogen-bond donors (Lipinski definition) is 1. The molecule has 2 aromatic carbocycles. The fourth-order valence-corrected chi connectivity index (χ4v) is 3.87. The van der Waals surface area contributed by atoms with Gasteiger partial charge in [0.25, 0.3) is 0 Å². The van der Waals surface area contributed by atoms with E-state index in [2.05, 4.69) is 74.8 Å². The van der Waals surface area contributed by atoms with E-state index in [4.69, 9.17) is 0 Å². The van der Waals surface area contributed by atoms with E-state index >= 15 is 0 Å². The van der Waals surface area contributed by atoms with Gasteiger partial charge in [-0.1, -0.05) is 74.6 Å². The summed E-state index contributed by atoms with van der Waals surface area (Å²) < 4.78 is 0. The Bertz CT molecular complexity index is 835. The molecule has 1 heterocycles. The van der Waals surface area contributed by atoms with E-state index < -0.39 is 0 Å². The molecular formula is C25H29BN. The maximum absolute atomic E-state index is 4.40. The van der Waals surface area contributed by atoms with Crippen LogP contribution in [0.4, 0.5) is 0 Å². The molecule has 1 atom stereocenters. The molecule has 1 aliphatic rings. The molecule has 1 nitrogen and oxygen atoms in total. The van der Waals surface area contributed by atoms with Crippen LogP contribution < -0.4 is 5.32 Å². The number of rotatable bonds is 8. The molecule has 1 radical (unpaired) electrons. The zero-order valence-electron chi connectivity index (χ0n) is 16.4. The summed E-state index contributed by atoms with van der Waals surface area (Å²) in [6.45, 7) is 14.6. The van der Waals surface area contributed by atoms with Gasteiger partial charge in [-0.25, -0.2) is 0 Å². The van der Waals surface area contributed by atoms with E-state index in [1.165, 1.54) is 33.4 Å². The Kier molecular flexibility index (Phi) is 6.39. The van der Waals surface area contributed by atoms with Crippen molar-refractivity contribution < 1.29 is 0 Å². The lowest BCUT2D eigenvalue weighted by Crippen LogP contribution is -2.39. The van der Waals surface area contributed by atoms with E-state index in [9.17, 15) is 0 Å². The van der Waals surface area contributed by atoms with Crippen LogP contribution in [0.5, 0.6) is 0 Å². The predicted octanol–water partition coefficient (Wildman–Crippen LogP) is 5.79. The molecule has 1 N–H and O–H groups in total. The minimum absolute atomic E-state index is 0.382. The minimum Gasteiger partial charge on any atom is -0.394 e. The third kappa shape index (κ3) is 5.04. The molecule has 0 fully saturated rings. The Morgan fingerprint density at radius 2 is 1.74 bits per heavy atom. The molecule has 0 saturated carbocycles. The van der Waals surface area contributed by atoms with Gasteiger partial charge in [0.15, 0.2) is 0 Å². The van der Waals surface area contributed by atoms with Crippen molar-refractivity contribution in [2.75, 3.05) is 0 Å². The van der Waals surface area contributed by atoms with Gasteiger partial charge in [0, 0.05) is 0 Å². The van der Waals surface area contributed by atoms with Crippen LogP contribution in [0.25, 0.3) is 11.1 Å². The van der Waals surface area contributed by atoms with Crippen molar-refractivity contribution in [2.24, 2.45) is 0 Å². The second-order valence-electron chi connectivity index (χ2n) is 7.55. The third-order valence-electron chi connectivity index (χ3n) is 5.27. The lowest BCUT2D eigenvalue weighted by atomic mass is 9.57. The van der Waals surface area contributed by atoms with Crippen LogP contribution in [-0.2, 0) is 12.7 Å². The molecule has 27 heavy (non-hydrogen) atoms. The summed E-state index contributed by atoms with van der Waals surface area (Å²) in [5.41, 5.74) is 8.94. The second kappa shape index (κ2) is 8.95. The van der Waals surface area contributed by atoms with Gasteiger partial charge in [-0.3, -0.25) is 0 Å². The molecule has 0 aromatic heterocycles. The van der Waals surface area contributed by atoms with Gasteiger partial charge in [0.1, 0.15) is 7.28 Å². The van der Waals surface area contributed by atoms with Crippen molar-refractivity contribution in [1.29, 1.82) is 0 Å². The first-order chi connectivity index (χ1) is 13.0. The molecule has 2 heteroatoms. The first-order valence-corrected chi connectivity index (χ1v) is 9.82. The fourth-order valence-electron chi connectivity index (χ4n) is 3.87. The molecule has 1 unspecified atom stereocenters. The van der Waals surface area contributed by atoms with Crippen molar-refractivity contribution in [1.82, 2.24) is 5.32 Å². The monoisotopic (exact) mass is 354 g/mol. The van der Waals surface area contributed by atoms with Gasteiger partial charge in [-0.15, -0.1) is 0 Å². The summed E-state index contributed by atoms with van der Waals surface area (Å²) in [5.74, 6) is 0.382. The lowest BCUT2D eigenvalue weighted by molar-refractivity contribution is 0.700. The molecule has 3 rings (SSSR count). The van der Waals surface area contributed by atoms with E-state index in [0.29, 0.717) is 5.94 Å². The van der Waals surface area contributed by atoms with E-state index in [1.54, 1.807) is 0 Å². The molecule has 137 valence electrons. The number of nitrogens with one attached hydrogen (secondary N) is 1. The van der Waals surface area contributed by atoms with Gasteiger partial charge < -0.3 is 5.32 Å². The molecule has 0 saturated heterocycles. The Balaban J connectivity index is 1.59. The third-order valence-corrected chi connectivity index (χ3v) is 5.27. The average Bonchev–Trinajstić information content (AvgIpc) is 2.67. The highest BCUT2D eigenvalue weighted by Gasteiger charge is 2.21. The SMILES string of the molecule is C=C(C)NC1[B]Cc2c(cccc2C(=C)CCCC(=C)c2ccccc2)C1. The Labute approximate surface area is 165 Å². The normalized spacial score (nSPS) is 15.4. The zero-order chi connectivity index (χ0) is 19.2. The van der Waals surface area contributed by atoms with Gasteiger partial charge in [-0.2, -0.15) is 0 Å². The second-order valence-corrected chi connectivity index (χ2v) is 7.55. The van der Waals surface area contributed by atoms with Crippen molar-refractivity contribution >= 4 is 18.4 Å². The first-order valence-electron chi connectivity index (χ1n) is 9.82. The Hall–Kier alpha value is -2.48. The molecule has 1 aliphatic heterocycles. The molecule has 0 aliphatic carbocycles. The largest absolute Gasteiger partial charge is 0.394 e. The van der Waals surface area contributed by atoms with E-state index in [0.717, 1.165) is 37.7 Å². The quantitative estimate of drug-likeness (QED) is 0.592. The summed E-state index contributed by atoms with van der Waals surface area (Å²) in [7, 11) is 2.37. The standard InChI is InChI=1S/C25H29BN/c1-18(2)27-25-16-22-14-9-15-23(24(22)17-26-25)20(4)11-8-10-19(3)21-12-6-5-7-13-21/h5-7,9,12-15,25,27H,1,3-4,8,10-11,16-17H2,2H3. The Morgan fingerprint density at radius 3 is 2.48 bits per heavy atom. The van der Waals surface area contributed by atoms with E-state index in [-0.39, 0.29) is 0 Å². The smallest absolute Gasteiger partial charge is 0.146 e. The minimum atomic E-state index is 0.382. The van der Waals surface area contributed by atoms with Crippen LogP contribution >= 0.6 is 0 Å². The molecule has 0 amide bonds. The maximum atomic E-state index is 4.40. The summed E-state index contributed by atoms with van der Waals surface area (Å²) in [4.78, 5) is 0. The van der Waals surface area contributed by atoms with Crippen molar-refractivity contribution in [3.8, 4) is 0 Å². The molecule has 2 aromatic rings. The number of benzene rings is 2. The summed E-state index contributed by atoms with van der Waals surface area (Å²) in [6.07, 6.45) is 5.12. The Morgan fingerprint density at radius 1 is 1.00 bits per heavy atom. The zero-order valence-corrected chi connectivity index (χ0v) is 16.4. The average molecular weight is 354 g/mol. The lowest BCUT2D eigenvalue weighted by Gasteiger charge is -2.28.